The van der Waals surface area contributed by atoms with Crippen molar-refractivity contribution in [2.24, 2.45) is 0 Å². The van der Waals surface area contributed by atoms with Gasteiger partial charge in [0.1, 0.15) is 0 Å². The van der Waals surface area contributed by atoms with Gasteiger partial charge in [-0.1, -0.05) is 0 Å². The van der Waals surface area contributed by atoms with E-state index < -0.39 is 0 Å². The molecule has 0 aromatic rings. The maximum absolute atomic E-state index is 9.16. The standard InChI is InChI=1S/C12H25NO2/c1-3-15-12-6-9-13(10-7-12)8-4-5-11(2)14/h11-12,14H,3-10H2,1-2H3. The Kier molecular flexibility index (Phi) is 6.22. The molecule has 1 aliphatic rings. The van der Waals surface area contributed by atoms with E-state index in [4.69, 9.17) is 9.84 Å². The Hall–Kier alpha value is -0.120. The maximum Gasteiger partial charge on any atom is 0.0599 e. The highest BCUT2D eigenvalue weighted by Crippen LogP contribution is 2.14. The van der Waals surface area contributed by atoms with Gasteiger partial charge in [-0.3, -0.25) is 0 Å². The number of aliphatic hydroxyl groups excluding tert-OH is 1. The Morgan fingerprint density at radius 2 is 2.07 bits per heavy atom. The van der Waals surface area contributed by atoms with E-state index in [1.807, 2.05) is 6.92 Å². The quantitative estimate of drug-likeness (QED) is 0.731. The van der Waals surface area contributed by atoms with Gasteiger partial charge in [-0.15, -0.1) is 0 Å². The molecule has 0 aromatic carbocycles. The van der Waals surface area contributed by atoms with E-state index >= 15 is 0 Å². The molecule has 15 heavy (non-hydrogen) atoms. The van der Waals surface area contributed by atoms with Crippen LogP contribution in [0.1, 0.15) is 39.5 Å². The Morgan fingerprint density at radius 1 is 1.40 bits per heavy atom. The summed E-state index contributed by atoms with van der Waals surface area (Å²) in [4.78, 5) is 2.48. The van der Waals surface area contributed by atoms with E-state index in [1.54, 1.807) is 0 Å². The summed E-state index contributed by atoms with van der Waals surface area (Å²) >= 11 is 0. The molecule has 0 bridgehead atoms. The lowest BCUT2D eigenvalue weighted by atomic mass is 10.1. The van der Waals surface area contributed by atoms with E-state index in [9.17, 15) is 0 Å². The lowest BCUT2D eigenvalue weighted by Crippen LogP contribution is -2.37. The second kappa shape index (κ2) is 7.20. The van der Waals surface area contributed by atoms with E-state index in [0.29, 0.717) is 6.10 Å². The molecule has 1 rings (SSSR count). The minimum absolute atomic E-state index is 0.147. The van der Waals surface area contributed by atoms with Gasteiger partial charge < -0.3 is 14.7 Å². The van der Waals surface area contributed by atoms with Gasteiger partial charge in [-0.25, -0.2) is 0 Å². The highest BCUT2D eigenvalue weighted by molar-refractivity contribution is 4.72. The minimum Gasteiger partial charge on any atom is -0.393 e. The fraction of sp³-hybridized carbons (Fsp3) is 1.00. The fourth-order valence-electron chi connectivity index (χ4n) is 2.15. The van der Waals surface area contributed by atoms with Crippen molar-refractivity contribution in [1.29, 1.82) is 0 Å². The number of aliphatic hydroxyl groups is 1. The van der Waals surface area contributed by atoms with Gasteiger partial charge in [-0.05, 0) is 46.1 Å². The molecule has 1 atom stereocenters. The number of rotatable bonds is 6. The number of hydrogen-bond donors (Lipinski definition) is 1. The first-order valence-electron chi connectivity index (χ1n) is 6.24. The molecule has 1 fully saturated rings. The average molecular weight is 215 g/mol. The first-order chi connectivity index (χ1) is 7.22. The molecular formula is C12H25NO2. The second-order valence-electron chi connectivity index (χ2n) is 4.49. The Labute approximate surface area is 93.4 Å². The van der Waals surface area contributed by atoms with Crippen molar-refractivity contribution in [3.8, 4) is 0 Å². The monoisotopic (exact) mass is 215 g/mol. The summed E-state index contributed by atoms with van der Waals surface area (Å²) in [7, 11) is 0. The lowest BCUT2D eigenvalue weighted by Gasteiger charge is -2.31. The molecule has 3 nitrogen and oxygen atoms in total. The van der Waals surface area contributed by atoms with Crippen LogP contribution in [0.2, 0.25) is 0 Å². The molecule has 1 saturated heterocycles. The van der Waals surface area contributed by atoms with Crippen molar-refractivity contribution in [2.75, 3.05) is 26.2 Å². The number of hydrogen-bond acceptors (Lipinski definition) is 3. The van der Waals surface area contributed by atoms with Crippen molar-refractivity contribution in [3.63, 3.8) is 0 Å². The van der Waals surface area contributed by atoms with Crippen LogP contribution in [0, 0.1) is 0 Å². The third-order valence-corrected chi connectivity index (χ3v) is 3.03. The molecule has 0 amide bonds. The third kappa shape index (κ3) is 5.50. The van der Waals surface area contributed by atoms with Gasteiger partial charge >= 0.3 is 0 Å². The molecule has 0 saturated carbocycles. The van der Waals surface area contributed by atoms with Crippen molar-refractivity contribution in [2.45, 2.75) is 51.7 Å². The van der Waals surface area contributed by atoms with Crippen molar-refractivity contribution in [3.05, 3.63) is 0 Å². The van der Waals surface area contributed by atoms with E-state index in [1.165, 1.54) is 12.8 Å². The number of likely N-dealkylation sites (tertiary alicyclic amines) is 1. The van der Waals surface area contributed by atoms with Crippen molar-refractivity contribution < 1.29 is 9.84 Å². The molecule has 0 aromatic heterocycles. The third-order valence-electron chi connectivity index (χ3n) is 3.03. The van der Waals surface area contributed by atoms with Crippen LogP contribution in [0.15, 0.2) is 0 Å². The van der Waals surface area contributed by atoms with E-state index in [2.05, 4.69) is 11.8 Å². The summed E-state index contributed by atoms with van der Waals surface area (Å²) in [6.07, 6.45) is 4.71. The zero-order valence-electron chi connectivity index (χ0n) is 10.1. The Morgan fingerprint density at radius 3 is 2.60 bits per heavy atom. The minimum atomic E-state index is -0.147. The topological polar surface area (TPSA) is 32.7 Å². The summed E-state index contributed by atoms with van der Waals surface area (Å²) in [5.74, 6) is 0. The fourth-order valence-corrected chi connectivity index (χ4v) is 2.15. The Bertz CT molecular complexity index is 154. The van der Waals surface area contributed by atoms with Crippen molar-refractivity contribution >= 4 is 0 Å². The van der Waals surface area contributed by atoms with Gasteiger partial charge in [-0.2, -0.15) is 0 Å². The van der Waals surface area contributed by atoms with Crippen LogP contribution in [0.4, 0.5) is 0 Å². The maximum atomic E-state index is 9.16. The van der Waals surface area contributed by atoms with Crippen LogP contribution in [0.25, 0.3) is 0 Å². The molecule has 1 N–H and O–H groups in total. The van der Waals surface area contributed by atoms with Gasteiger partial charge in [0.25, 0.3) is 0 Å². The number of nitrogens with zero attached hydrogens (tertiary/aromatic N) is 1. The molecule has 90 valence electrons. The lowest BCUT2D eigenvalue weighted by molar-refractivity contribution is 0.0134. The summed E-state index contributed by atoms with van der Waals surface area (Å²) in [6.45, 7) is 8.21. The normalized spacial score (nSPS) is 21.8. The highest BCUT2D eigenvalue weighted by Gasteiger charge is 2.18. The SMILES string of the molecule is CCOC1CCN(CCCC(C)O)CC1. The van der Waals surface area contributed by atoms with Crippen LogP contribution in [0.3, 0.4) is 0 Å². The summed E-state index contributed by atoms with van der Waals surface area (Å²) < 4.78 is 5.61. The van der Waals surface area contributed by atoms with E-state index in [-0.39, 0.29) is 6.10 Å². The molecule has 0 spiro atoms. The number of ether oxygens (including phenoxy) is 1. The molecular weight excluding hydrogens is 190 g/mol. The van der Waals surface area contributed by atoms with Gasteiger partial charge in [0.15, 0.2) is 0 Å². The summed E-state index contributed by atoms with van der Waals surface area (Å²) in [5.41, 5.74) is 0. The van der Waals surface area contributed by atoms with Crippen LogP contribution >= 0.6 is 0 Å². The molecule has 1 aliphatic heterocycles. The first-order valence-corrected chi connectivity index (χ1v) is 6.24. The first kappa shape index (κ1) is 12.9. The highest BCUT2D eigenvalue weighted by atomic mass is 16.5. The summed E-state index contributed by atoms with van der Waals surface area (Å²) in [5, 5.41) is 9.16. The predicted octanol–water partition coefficient (Wildman–Crippen LogP) is 1.65. The van der Waals surface area contributed by atoms with Crippen LogP contribution in [0.5, 0.6) is 0 Å². The largest absolute Gasteiger partial charge is 0.393 e. The molecule has 1 heterocycles. The van der Waals surface area contributed by atoms with E-state index in [0.717, 1.165) is 39.1 Å². The predicted molar refractivity (Wildman–Crippen MR) is 62.0 cm³/mol. The smallest absolute Gasteiger partial charge is 0.0599 e. The average Bonchev–Trinajstić information content (AvgIpc) is 2.20. The van der Waals surface area contributed by atoms with Crippen LogP contribution < -0.4 is 0 Å². The Balaban J connectivity index is 2.04. The molecule has 0 aliphatic carbocycles. The number of piperidine rings is 1. The molecule has 1 unspecified atom stereocenters. The van der Waals surface area contributed by atoms with Gasteiger partial charge in [0.05, 0.1) is 12.2 Å². The molecule has 3 heteroatoms. The summed E-state index contributed by atoms with van der Waals surface area (Å²) in [6, 6.07) is 0. The van der Waals surface area contributed by atoms with Crippen LogP contribution in [-0.2, 0) is 4.74 Å². The zero-order valence-corrected chi connectivity index (χ0v) is 10.1. The van der Waals surface area contributed by atoms with Gasteiger partial charge in [0.2, 0.25) is 0 Å². The zero-order chi connectivity index (χ0) is 11.1. The van der Waals surface area contributed by atoms with Crippen LogP contribution in [-0.4, -0.2) is 48.5 Å². The second-order valence-corrected chi connectivity index (χ2v) is 4.49. The van der Waals surface area contributed by atoms with Gasteiger partial charge in [0, 0.05) is 19.7 Å². The van der Waals surface area contributed by atoms with Crippen molar-refractivity contribution in [1.82, 2.24) is 4.90 Å². The molecule has 0 radical (unpaired) electrons.